The zero-order chi connectivity index (χ0) is 19.1. The van der Waals surface area contributed by atoms with Crippen molar-refractivity contribution in [1.82, 2.24) is 5.43 Å². The maximum atomic E-state index is 13.0. The topological polar surface area (TPSA) is 59.9 Å². The highest BCUT2D eigenvalue weighted by Gasteiger charge is 2.12. The average molecular weight is 358 g/mol. The molecule has 1 amide bonds. The van der Waals surface area contributed by atoms with Crippen LogP contribution in [0.15, 0.2) is 47.6 Å². The van der Waals surface area contributed by atoms with Crippen LogP contribution in [0.5, 0.6) is 11.5 Å². The summed E-state index contributed by atoms with van der Waals surface area (Å²) in [5.41, 5.74) is 4.35. The number of methoxy groups -OCH3 is 1. The van der Waals surface area contributed by atoms with E-state index >= 15 is 0 Å². The van der Waals surface area contributed by atoms with E-state index in [2.05, 4.69) is 10.5 Å². The zero-order valence-corrected chi connectivity index (χ0v) is 15.4. The fourth-order valence-electron chi connectivity index (χ4n) is 2.33. The van der Waals surface area contributed by atoms with Gasteiger partial charge in [0, 0.05) is 5.56 Å². The van der Waals surface area contributed by atoms with Gasteiger partial charge in [-0.2, -0.15) is 5.10 Å². The molecule has 5 nitrogen and oxygen atoms in total. The van der Waals surface area contributed by atoms with E-state index in [-0.39, 0.29) is 17.8 Å². The Bertz CT molecular complexity index is 786. The lowest BCUT2D eigenvalue weighted by Crippen LogP contribution is -2.20. The summed E-state index contributed by atoms with van der Waals surface area (Å²) < 4.78 is 24.0. The van der Waals surface area contributed by atoms with Gasteiger partial charge in [0.25, 0.3) is 5.91 Å². The van der Waals surface area contributed by atoms with Gasteiger partial charge < -0.3 is 9.47 Å². The van der Waals surface area contributed by atoms with E-state index in [0.29, 0.717) is 29.2 Å². The number of nitrogens with one attached hydrogen (secondary N) is 1. The van der Waals surface area contributed by atoms with Gasteiger partial charge in [0.2, 0.25) is 0 Å². The van der Waals surface area contributed by atoms with Gasteiger partial charge in [0.1, 0.15) is 5.82 Å². The molecule has 0 fully saturated rings. The minimum Gasteiger partial charge on any atom is -0.493 e. The minimum atomic E-state index is -0.368. The van der Waals surface area contributed by atoms with Gasteiger partial charge in [-0.3, -0.25) is 4.79 Å². The van der Waals surface area contributed by atoms with Gasteiger partial charge in [-0.05, 0) is 56.2 Å². The van der Waals surface area contributed by atoms with Crippen LogP contribution in [0, 0.1) is 5.82 Å². The van der Waals surface area contributed by atoms with Crippen LogP contribution < -0.4 is 14.9 Å². The number of rotatable bonds is 7. The molecule has 2 aromatic carbocycles. The van der Waals surface area contributed by atoms with Gasteiger partial charge in [-0.1, -0.05) is 19.1 Å². The molecule has 0 saturated heterocycles. The first-order valence-corrected chi connectivity index (χ1v) is 8.42. The van der Waals surface area contributed by atoms with Crippen molar-refractivity contribution in [2.45, 2.75) is 33.3 Å². The van der Waals surface area contributed by atoms with Crippen molar-refractivity contribution >= 4 is 11.6 Å². The van der Waals surface area contributed by atoms with E-state index in [1.807, 2.05) is 20.8 Å². The van der Waals surface area contributed by atoms with E-state index in [4.69, 9.17) is 9.47 Å². The van der Waals surface area contributed by atoms with Crippen LogP contribution in [0.2, 0.25) is 0 Å². The van der Waals surface area contributed by atoms with Gasteiger partial charge >= 0.3 is 0 Å². The van der Waals surface area contributed by atoms with Crippen LogP contribution in [-0.2, 0) is 0 Å². The molecule has 0 aliphatic carbocycles. The summed E-state index contributed by atoms with van der Waals surface area (Å²) in [6, 6.07) is 10.9. The third kappa shape index (κ3) is 5.05. The summed E-state index contributed by atoms with van der Waals surface area (Å²) in [5, 5.41) is 4.17. The van der Waals surface area contributed by atoms with Crippen molar-refractivity contribution in [3.63, 3.8) is 0 Å². The lowest BCUT2D eigenvalue weighted by atomic mass is 10.1. The summed E-state index contributed by atoms with van der Waals surface area (Å²) in [4.78, 5) is 12.4. The second kappa shape index (κ2) is 8.99. The molecule has 0 saturated carbocycles. The van der Waals surface area contributed by atoms with E-state index in [1.54, 1.807) is 30.3 Å². The molecule has 0 radical (unpaired) electrons. The van der Waals surface area contributed by atoms with Gasteiger partial charge in [-0.25, -0.2) is 9.82 Å². The molecule has 2 aromatic rings. The normalized spacial score (nSPS) is 11.4. The minimum absolute atomic E-state index is 0.00371. The quantitative estimate of drug-likeness (QED) is 0.597. The average Bonchev–Trinajstić information content (AvgIpc) is 2.63. The molecular formula is C20H23FN2O3. The van der Waals surface area contributed by atoms with Gasteiger partial charge in [0.15, 0.2) is 11.5 Å². The highest BCUT2D eigenvalue weighted by atomic mass is 19.1. The first-order chi connectivity index (χ1) is 12.4. The third-order valence-corrected chi connectivity index (χ3v) is 3.59. The lowest BCUT2D eigenvalue weighted by molar-refractivity contribution is 0.0954. The van der Waals surface area contributed by atoms with Crippen LogP contribution in [0.25, 0.3) is 0 Å². The molecule has 0 heterocycles. The number of benzene rings is 2. The number of hydrazone groups is 1. The first kappa shape index (κ1) is 19.4. The number of amides is 1. The summed E-state index contributed by atoms with van der Waals surface area (Å²) in [7, 11) is 1.52. The molecule has 0 unspecified atom stereocenters. The third-order valence-electron chi connectivity index (χ3n) is 3.59. The lowest BCUT2D eigenvalue weighted by Gasteiger charge is -2.14. The summed E-state index contributed by atoms with van der Waals surface area (Å²) in [6.45, 7) is 5.74. The SMILES string of the molecule is CC/C(=N/NC(=O)c1ccc(OC(C)C)c(OC)c1)c1ccc(F)cc1. The Morgan fingerprint density at radius 1 is 1.12 bits per heavy atom. The molecule has 0 aromatic heterocycles. The molecule has 0 aliphatic rings. The summed E-state index contributed by atoms with van der Waals surface area (Å²) in [5.74, 6) is 0.365. The maximum Gasteiger partial charge on any atom is 0.271 e. The maximum absolute atomic E-state index is 13.0. The van der Waals surface area contributed by atoms with Gasteiger partial charge in [0.05, 0.1) is 18.9 Å². The Morgan fingerprint density at radius 3 is 2.35 bits per heavy atom. The number of hydrogen-bond donors (Lipinski definition) is 1. The predicted octanol–water partition coefficient (Wildman–Crippen LogP) is 4.17. The van der Waals surface area contributed by atoms with Crippen molar-refractivity contribution < 1.29 is 18.7 Å². The van der Waals surface area contributed by atoms with E-state index in [1.165, 1.54) is 19.2 Å². The highest BCUT2D eigenvalue weighted by Crippen LogP contribution is 2.28. The molecule has 0 spiro atoms. The van der Waals surface area contributed by atoms with E-state index < -0.39 is 0 Å². The largest absolute Gasteiger partial charge is 0.493 e. The van der Waals surface area contributed by atoms with Crippen molar-refractivity contribution in [3.8, 4) is 11.5 Å². The molecule has 26 heavy (non-hydrogen) atoms. The van der Waals surface area contributed by atoms with Crippen LogP contribution in [-0.4, -0.2) is 24.8 Å². The second-order valence-electron chi connectivity index (χ2n) is 5.89. The molecule has 2 rings (SSSR count). The fourth-order valence-corrected chi connectivity index (χ4v) is 2.33. The predicted molar refractivity (Wildman–Crippen MR) is 99.5 cm³/mol. The summed E-state index contributed by atoms with van der Waals surface area (Å²) >= 11 is 0. The summed E-state index contributed by atoms with van der Waals surface area (Å²) in [6.07, 6.45) is 0.590. The Labute approximate surface area is 152 Å². The van der Waals surface area contributed by atoms with Crippen LogP contribution in [0.3, 0.4) is 0 Å². The number of carbonyl (C=O) groups excluding carboxylic acids is 1. The van der Waals surface area contributed by atoms with Crippen molar-refractivity contribution in [3.05, 3.63) is 59.4 Å². The Kier molecular flexibility index (Phi) is 6.72. The molecule has 6 heteroatoms. The molecule has 0 atom stereocenters. The number of carbonyl (C=O) groups is 1. The second-order valence-corrected chi connectivity index (χ2v) is 5.89. The van der Waals surface area contributed by atoms with Crippen LogP contribution in [0.1, 0.15) is 43.1 Å². The first-order valence-electron chi connectivity index (χ1n) is 8.42. The highest BCUT2D eigenvalue weighted by molar-refractivity contribution is 6.02. The Morgan fingerprint density at radius 2 is 1.77 bits per heavy atom. The molecule has 1 N–H and O–H groups in total. The van der Waals surface area contributed by atoms with E-state index in [0.717, 1.165) is 5.56 Å². The van der Waals surface area contributed by atoms with Gasteiger partial charge in [-0.15, -0.1) is 0 Å². The van der Waals surface area contributed by atoms with Crippen molar-refractivity contribution in [1.29, 1.82) is 0 Å². The van der Waals surface area contributed by atoms with Crippen LogP contribution in [0.4, 0.5) is 4.39 Å². The standard InChI is InChI=1S/C20H23FN2O3/c1-5-17(14-6-9-16(21)10-7-14)22-23-20(24)15-8-11-18(26-13(2)3)19(12-15)25-4/h6-13H,5H2,1-4H3,(H,23,24)/b22-17-. The smallest absolute Gasteiger partial charge is 0.271 e. The van der Waals surface area contributed by atoms with Crippen molar-refractivity contribution in [2.75, 3.05) is 7.11 Å². The fraction of sp³-hybridized carbons (Fsp3) is 0.300. The molecule has 0 aliphatic heterocycles. The van der Waals surface area contributed by atoms with Crippen LogP contribution >= 0.6 is 0 Å². The number of nitrogens with zero attached hydrogens (tertiary/aromatic N) is 1. The molecule has 138 valence electrons. The molecular weight excluding hydrogens is 335 g/mol. The monoisotopic (exact) mass is 358 g/mol. The Balaban J connectivity index is 2.16. The number of hydrogen-bond acceptors (Lipinski definition) is 4. The number of ether oxygens (including phenoxy) is 2. The zero-order valence-electron chi connectivity index (χ0n) is 15.4. The van der Waals surface area contributed by atoms with E-state index in [9.17, 15) is 9.18 Å². The van der Waals surface area contributed by atoms with Crippen molar-refractivity contribution in [2.24, 2.45) is 5.10 Å². The Hall–Kier alpha value is -2.89. The molecule has 0 bridgehead atoms. The number of halogens is 1.